The van der Waals surface area contributed by atoms with Gasteiger partial charge in [-0.15, -0.1) is 11.3 Å². The predicted molar refractivity (Wildman–Crippen MR) is 105 cm³/mol. The van der Waals surface area contributed by atoms with E-state index in [-0.39, 0.29) is 5.91 Å². The molecular formula is C18H21Cl2N3OS. The molecule has 0 spiro atoms. The lowest BCUT2D eigenvalue weighted by atomic mass is 10.1. The lowest BCUT2D eigenvalue weighted by molar-refractivity contribution is 0.0950. The van der Waals surface area contributed by atoms with Crippen molar-refractivity contribution in [2.75, 3.05) is 26.2 Å². The Hall–Kier alpha value is -1.14. The van der Waals surface area contributed by atoms with E-state index in [2.05, 4.69) is 15.2 Å². The highest BCUT2D eigenvalue weighted by Gasteiger charge is 2.17. The van der Waals surface area contributed by atoms with Crippen LogP contribution in [0.25, 0.3) is 10.6 Å². The van der Waals surface area contributed by atoms with E-state index in [4.69, 9.17) is 23.2 Å². The van der Waals surface area contributed by atoms with Gasteiger partial charge in [0.2, 0.25) is 0 Å². The van der Waals surface area contributed by atoms with Crippen molar-refractivity contribution < 1.29 is 4.79 Å². The molecule has 4 nitrogen and oxygen atoms in total. The number of nitrogens with zero attached hydrogens (tertiary/aromatic N) is 2. The molecule has 0 atom stereocenters. The quantitative estimate of drug-likeness (QED) is 0.798. The molecule has 1 aromatic heterocycles. The van der Waals surface area contributed by atoms with Crippen LogP contribution in [0.3, 0.4) is 0 Å². The van der Waals surface area contributed by atoms with Gasteiger partial charge in [-0.25, -0.2) is 4.98 Å². The van der Waals surface area contributed by atoms with Gasteiger partial charge in [0.25, 0.3) is 5.91 Å². The molecule has 1 aromatic carbocycles. The Balaban J connectivity index is 1.64. The van der Waals surface area contributed by atoms with Gasteiger partial charge < -0.3 is 10.2 Å². The van der Waals surface area contributed by atoms with Crippen LogP contribution < -0.4 is 5.32 Å². The van der Waals surface area contributed by atoms with Crippen LogP contribution in [0.1, 0.15) is 34.6 Å². The molecule has 25 heavy (non-hydrogen) atoms. The van der Waals surface area contributed by atoms with Crippen LogP contribution in [0.5, 0.6) is 0 Å². The lowest BCUT2D eigenvalue weighted by Gasteiger charge is -2.26. The minimum Gasteiger partial charge on any atom is -0.350 e. The van der Waals surface area contributed by atoms with Gasteiger partial charge in [0.15, 0.2) is 0 Å². The summed E-state index contributed by atoms with van der Waals surface area (Å²) in [6.45, 7) is 5.69. The van der Waals surface area contributed by atoms with Gasteiger partial charge in [-0.05, 0) is 51.1 Å². The molecule has 1 fully saturated rings. The van der Waals surface area contributed by atoms with Gasteiger partial charge in [0.05, 0.1) is 5.69 Å². The highest BCUT2D eigenvalue weighted by atomic mass is 35.5. The van der Waals surface area contributed by atoms with Crippen molar-refractivity contribution in [3.63, 3.8) is 0 Å². The van der Waals surface area contributed by atoms with Crippen LogP contribution >= 0.6 is 34.5 Å². The van der Waals surface area contributed by atoms with Crippen LogP contribution in [-0.2, 0) is 0 Å². The molecule has 2 heterocycles. The SMILES string of the molecule is Cc1nc(-c2cc(Cl)cc(Cl)c2)sc1C(=O)NCCN1CCCCC1. The number of hydrogen-bond donors (Lipinski definition) is 1. The number of hydrogen-bond acceptors (Lipinski definition) is 4. The molecule has 2 aromatic rings. The number of rotatable bonds is 5. The molecule has 0 radical (unpaired) electrons. The fourth-order valence-electron chi connectivity index (χ4n) is 3.00. The van der Waals surface area contributed by atoms with Crippen molar-refractivity contribution in [2.45, 2.75) is 26.2 Å². The first-order valence-electron chi connectivity index (χ1n) is 8.47. The van der Waals surface area contributed by atoms with Crippen LogP contribution in [0.2, 0.25) is 10.0 Å². The second-order valence-corrected chi connectivity index (χ2v) is 8.12. The molecular weight excluding hydrogens is 377 g/mol. The third kappa shape index (κ3) is 4.94. The third-order valence-electron chi connectivity index (χ3n) is 4.27. The van der Waals surface area contributed by atoms with Gasteiger partial charge in [-0.2, -0.15) is 0 Å². The van der Waals surface area contributed by atoms with Gasteiger partial charge in [0.1, 0.15) is 9.88 Å². The maximum Gasteiger partial charge on any atom is 0.263 e. The number of halogens is 2. The summed E-state index contributed by atoms with van der Waals surface area (Å²) in [5.41, 5.74) is 1.56. The summed E-state index contributed by atoms with van der Waals surface area (Å²) in [4.78, 5) is 20.0. The fraction of sp³-hybridized carbons (Fsp3) is 0.444. The van der Waals surface area contributed by atoms with Crippen molar-refractivity contribution in [2.24, 2.45) is 0 Å². The number of thiazole rings is 1. The summed E-state index contributed by atoms with van der Waals surface area (Å²) >= 11 is 13.5. The van der Waals surface area contributed by atoms with Gasteiger partial charge >= 0.3 is 0 Å². The van der Waals surface area contributed by atoms with Crippen LogP contribution in [0, 0.1) is 6.92 Å². The summed E-state index contributed by atoms with van der Waals surface area (Å²) in [7, 11) is 0. The maximum absolute atomic E-state index is 12.5. The van der Waals surface area contributed by atoms with Crippen LogP contribution in [-0.4, -0.2) is 42.0 Å². The van der Waals surface area contributed by atoms with Crippen LogP contribution in [0.15, 0.2) is 18.2 Å². The number of amides is 1. The summed E-state index contributed by atoms with van der Waals surface area (Å²) < 4.78 is 0. The lowest BCUT2D eigenvalue weighted by Crippen LogP contribution is -2.37. The molecule has 3 rings (SSSR count). The Morgan fingerprint density at radius 1 is 1.20 bits per heavy atom. The number of aromatic nitrogens is 1. The monoisotopic (exact) mass is 397 g/mol. The Kier molecular flexibility index (Phi) is 6.34. The van der Waals surface area contributed by atoms with E-state index in [9.17, 15) is 4.79 Å². The normalized spacial score (nSPS) is 15.3. The second-order valence-electron chi connectivity index (χ2n) is 6.25. The number of carbonyl (C=O) groups excluding carboxylic acids is 1. The zero-order valence-electron chi connectivity index (χ0n) is 14.1. The highest BCUT2D eigenvalue weighted by Crippen LogP contribution is 2.31. The van der Waals surface area contributed by atoms with Crippen LogP contribution in [0.4, 0.5) is 0 Å². The molecule has 0 unspecified atom stereocenters. The topological polar surface area (TPSA) is 45.2 Å². The summed E-state index contributed by atoms with van der Waals surface area (Å²) in [6.07, 6.45) is 3.83. The van der Waals surface area contributed by atoms with Crippen molar-refractivity contribution in [3.05, 3.63) is 38.8 Å². The molecule has 1 amide bonds. The Bertz CT molecular complexity index is 737. The third-order valence-corrected chi connectivity index (χ3v) is 5.92. The standard InChI is InChI=1S/C18H21Cl2N3OS/c1-12-16(17(24)21-5-8-23-6-3-2-4-7-23)25-18(22-12)13-9-14(19)11-15(20)10-13/h9-11H,2-8H2,1H3,(H,21,24). The average molecular weight is 398 g/mol. The molecule has 1 aliphatic heterocycles. The van der Waals surface area contributed by atoms with Crippen molar-refractivity contribution in [1.82, 2.24) is 15.2 Å². The highest BCUT2D eigenvalue weighted by molar-refractivity contribution is 7.17. The second kappa shape index (κ2) is 8.49. The zero-order valence-corrected chi connectivity index (χ0v) is 16.5. The summed E-state index contributed by atoms with van der Waals surface area (Å²) in [5, 5.41) is 4.88. The largest absolute Gasteiger partial charge is 0.350 e. The van der Waals surface area contributed by atoms with Gasteiger partial charge in [-0.3, -0.25) is 4.79 Å². The molecule has 0 saturated carbocycles. The number of nitrogens with one attached hydrogen (secondary N) is 1. The van der Waals surface area contributed by atoms with E-state index >= 15 is 0 Å². The minimum absolute atomic E-state index is 0.0635. The molecule has 1 N–H and O–H groups in total. The number of likely N-dealkylation sites (tertiary alicyclic amines) is 1. The first-order valence-corrected chi connectivity index (χ1v) is 10.0. The first-order chi connectivity index (χ1) is 12.0. The maximum atomic E-state index is 12.5. The minimum atomic E-state index is -0.0635. The molecule has 7 heteroatoms. The average Bonchev–Trinajstić information content (AvgIpc) is 2.97. The first kappa shape index (κ1) is 18.6. The summed E-state index contributed by atoms with van der Waals surface area (Å²) in [6, 6.07) is 5.30. The van der Waals surface area contributed by atoms with E-state index in [0.717, 1.165) is 35.9 Å². The molecule has 0 aliphatic carbocycles. The Morgan fingerprint density at radius 2 is 1.88 bits per heavy atom. The molecule has 134 valence electrons. The fourth-order valence-corrected chi connectivity index (χ4v) is 4.49. The smallest absolute Gasteiger partial charge is 0.263 e. The molecule has 1 saturated heterocycles. The van der Waals surface area contributed by atoms with E-state index in [1.54, 1.807) is 6.07 Å². The number of piperidine rings is 1. The number of benzene rings is 1. The van der Waals surface area contributed by atoms with E-state index in [1.807, 2.05) is 19.1 Å². The molecule has 0 bridgehead atoms. The summed E-state index contributed by atoms with van der Waals surface area (Å²) in [5.74, 6) is -0.0635. The Morgan fingerprint density at radius 3 is 2.56 bits per heavy atom. The van der Waals surface area contributed by atoms with E-state index < -0.39 is 0 Å². The van der Waals surface area contributed by atoms with Gasteiger partial charge in [-0.1, -0.05) is 29.6 Å². The van der Waals surface area contributed by atoms with Crippen molar-refractivity contribution >= 4 is 40.4 Å². The van der Waals surface area contributed by atoms with E-state index in [0.29, 0.717) is 21.5 Å². The number of carbonyl (C=O) groups is 1. The van der Waals surface area contributed by atoms with Crippen molar-refractivity contribution in [1.29, 1.82) is 0 Å². The van der Waals surface area contributed by atoms with Gasteiger partial charge in [0, 0.05) is 28.7 Å². The Labute approximate surface area is 162 Å². The number of aryl methyl sites for hydroxylation is 1. The molecule has 1 aliphatic rings. The zero-order chi connectivity index (χ0) is 17.8. The predicted octanol–water partition coefficient (Wildman–Crippen LogP) is 4.64. The van der Waals surface area contributed by atoms with E-state index in [1.165, 1.54) is 30.6 Å². The van der Waals surface area contributed by atoms with Crippen molar-refractivity contribution in [3.8, 4) is 10.6 Å².